The number of nitrogens with zero attached hydrogens (tertiary/aromatic N) is 2. The molecule has 0 aliphatic carbocycles. The minimum Gasteiger partial charge on any atom is -0.431 e. The predicted octanol–water partition coefficient (Wildman–Crippen LogP) is 2.67. The largest absolute Gasteiger partial charge is 0.431 e. The zero-order valence-electron chi connectivity index (χ0n) is 8.88. The van der Waals surface area contributed by atoms with E-state index < -0.39 is 0 Å². The predicted molar refractivity (Wildman–Crippen MR) is 75.7 cm³/mol. The summed E-state index contributed by atoms with van der Waals surface area (Å²) >= 11 is 3.19. The molecule has 18 heavy (non-hydrogen) atoms. The van der Waals surface area contributed by atoms with Gasteiger partial charge >= 0.3 is 0 Å². The molecular formula is C11H6IN3O2S. The Morgan fingerprint density at radius 2 is 2.17 bits per heavy atom. The molecule has 0 saturated heterocycles. The summed E-state index contributed by atoms with van der Waals surface area (Å²) in [6.45, 7) is 0. The standard InChI is InChI=1S/C11H6IN3O2S/c12-8-9(16)13-5-14-10(8)18-11-15-6-3-1-2-4-7(6)17-11/h1-5H,(H,13,14,16). The van der Waals surface area contributed by atoms with E-state index in [-0.39, 0.29) is 5.56 Å². The van der Waals surface area contributed by atoms with Crippen molar-refractivity contribution in [3.8, 4) is 0 Å². The summed E-state index contributed by atoms with van der Waals surface area (Å²) in [5, 5.41) is 1.07. The molecule has 0 radical (unpaired) electrons. The van der Waals surface area contributed by atoms with Crippen molar-refractivity contribution in [3.05, 3.63) is 44.5 Å². The highest BCUT2D eigenvalue weighted by molar-refractivity contribution is 14.1. The van der Waals surface area contributed by atoms with Crippen LogP contribution in [0.5, 0.6) is 0 Å². The number of hydrogen-bond donors (Lipinski definition) is 1. The molecule has 3 rings (SSSR count). The van der Waals surface area contributed by atoms with Crippen molar-refractivity contribution in [2.24, 2.45) is 0 Å². The first-order valence-electron chi connectivity index (χ1n) is 5.00. The minimum absolute atomic E-state index is 0.163. The number of aromatic amines is 1. The lowest BCUT2D eigenvalue weighted by Gasteiger charge is -1.97. The van der Waals surface area contributed by atoms with Gasteiger partial charge in [-0.15, -0.1) is 0 Å². The fraction of sp³-hybridized carbons (Fsp3) is 0. The van der Waals surface area contributed by atoms with Crippen LogP contribution in [0.25, 0.3) is 11.1 Å². The molecular weight excluding hydrogens is 365 g/mol. The number of fused-ring (bicyclic) bond motifs is 1. The topological polar surface area (TPSA) is 71.8 Å². The molecule has 7 heteroatoms. The molecule has 0 saturated carbocycles. The molecule has 0 unspecified atom stereocenters. The van der Waals surface area contributed by atoms with Crippen LogP contribution < -0.4 is 5.56 Å². The van der Waals surface area contributed by atoms with Crippen LogP contribution in [0.1, 0.15) is 0 Å². The molecule has 2 heterocycles. The van der Waals surface area contributed by atoms with Gasteiger partial charge < -0.3 is 9.40 Å². The fourth-order valence-electron chi connectivity index (χ4n) is 1.42. The first-order chi connectivity index (χ1) is 8.74. The molecule has 0 spiro atoms. The summed E-state index contributed by atoms with van der Waals surface area (Å²) in [5.74, 6) is 0. The zero-order valence-corrected chi connectivity index (χ0v) is 11.9. The Hall–Kier alpha value is -1.35. The molecule has 0 amide bonds. The molecule has 0 bridgehead atoms. The van der Waals surface area contributed by atoms with Gasteiger partial charge in [0, 0.05) is 0 Å². The summed E-state index contributed by atoms with van der Waals surface area (Å²) in [6.07, 6.45) is 1.37. The SMILES string of the molecule is O=c1[nH]cnc(Sc2nc3ccccc3o2)c1I. The van der Waals surface area contributed by atoms with E-state index in [1.807, 2.05) is 46.9 Å². The minimum atomic E-state index is -0.163. The number of nitrogens with one attached hydrogen (secondary N) is 1. The number of para-hydroxylation sites is 2. The molecule has 2 aromatic heterocycles. The van der Waals surface area contributed by atoms with Gasteiger partial charge in [-0.25, -0.2) is 9.97 Å². The van der Waals surface area contributed by atoms with E-state index in [2.05, 4.69) is 15.0 Å². The highest BCUT2D eigenvalue weighted by atomic mass is 127. The lowest BCUT2D eigenvalue weighted by atomic mass is 10.3. The third-order valence-electron chi connectivity index (χ3n) is 2.22. The molecule has 0 fully saturated rings. The van der Waals surface area contributed by atoms with Gasteiger partial charge in [0.25, 0.3) is 10.8 Å². The van der Waals surface area contributed by atoms with Gasteiger partial charge in [0.05, 0.1) is 6.33 Å². The highest BCUT2D eigenvalue weighted by Crippen LogP contribution is 2.29. The number of aromatic nitrogens is 3. The lowest BCUT2D eigenvalue weighted by Crippen LogP contribution is -2.10. The monoisotopic (exact) mass is 371 g/mol. The molecule has 1 aromatic carbocycles. The van der Waals surface area contributed by atoms with Crippen molar-refractivity contribution in [3.63, 3.8) is 0 Å². The molecule has 3 aromatic rings. The van der Waals surface area contributed by atoms with Gasteiger partial charge in [-0.1, -0.05) is 12.1 Å². The average Bonchev–Trinajstić information content (AvgIpc) is 2.77. The maximum Gasteiger partial charge on any atom is 0.265 e. The number of halogens is 1. The van der Waals surface area contributed by atoms with Crippen molar-refractivity contribution in [2.45, 2.75) is 10.2 Å². The normalized spacial score (nSPS) is 10.9. The Kier molecular flexibility index (Phi) is 3.08. The average molecular weight is 371 g/mol. The van der Waals surface area contributed by atoms with Gasteiger partial charge in [0.1, 0.15) is 14.1 Å². The molecule has 5 nitrogen and oxygen atoms in total. The van der Waals surface area contributed by atoms with Gasteiger partial charge in [0.2, 0.25) is 0 Å². The van der Waals surface area contributed by atoms with Crippen molar-refractivity contribution < 1.29 is 4.42 Å². The van der Waals surface area contributed by atoms with Crippen molar-refractivity contribution in [1.29, 1.82) is 0 Å². The number of hydrogen-bond acceptors (Lipinski definition) is 5. The first kappa shape index (κ1) is 11.7. The number of H-pyrrole nitrogens is 1. The van der Waals surface area contributed by atoms with Gasteiger partial charge in [-0.05, 0) is 46.5 Å². The molecule has 1 N–H and O–H groups in total. The third kappa shape index (κ3) is 2.15. The molecule has 0 atom stereocenters. The van der Waals surface area contributed by atoms with E-state index in [0.29, 0.717) is 13.8 Å². The molecule has 0 aliphatic heterocycles. The first-order valence-corrected chi connectivity index (χ1v) is 6.90. The van der Waals surface area contributed by atoms with Gasteiger partial charge in [-0.3, -0.25) is 4.79 Å². The quantitative estimate of drug-likeness (QED) is 0.554. The van der Waals surface area contributed by atoms with Crippen molar-refractivity contribution >= 4 is 45.5 Å². The summed E-state index contributed by atoms with van der Waals surface area (Å²) in [6, 6.07) is 7.51. The summed E-state index contributed by atoms with van der Waals surface area (Å²) < 4.78 is 6.09. The van der Waals surface area contributed by atoms with Gasteiger partial charge in [0.15, 0.2) is 5.58 Å². The van der Waals surface area contributed by atoms with Crippen LogP contribution in [0.3, 0.4) is 0 Å². The Bertz CT molecular complexity index is 735. The number of oxazole rings is 1. The van der Waals surface area contributed by atoms with E-state index in [1.54, 1.807) is 0 Å². The lowest BCUT2D eigenvalue weighted by molar-refractivity contribution is 0.489. The van der Waals surface area contributed by atoms with Crippen LogP contribution in [0.2, 0.25) is 0 Å². The second-order valence-corrected chi connectivity index (χ2v) is 5.42. The van der Waals surface area contributed by atoms with Crippen LogP contribution in [-0.2, 0) is 0 Å². The highest BCUT2D eigenvalue weighted by Gasteiger charge is 2.12. The van der Waals surface area contributed by atoms with E-state index in [4.69, 9.17) is 4.42 Å². The van der Waals surface area contributed by atoms with E-state index >= 15 is 0 Å². The van der Waals surface area contributed by atoms with Crippen LogP contribution >= 0.6 is 34.4 Å². The molecule has 0 aliphatic rings. The zero-order chi connectivity index (χ0) is 12.5. The van der Waals surface area contributed by atoms with Crippen molar-refractivity contribution in [2.75, 3.05) is 0 Å². The Labute approximate surface area is 119 Å². The Morgan fingerprint density at radius 1 is 1.33 bits per heavy atom. The Morgan fingerprint density at radius 3 is 3.00 bits per heavy atom. The smallest absolute Gasteiger partial charge is 0.265 e. The van der Waals surface area contributed by atoms with Crippen LogP contribution in [0.4, 0.5) is 0 Å². The molecule has 90 valence electrons. The number of rotatable bonds is 2. The fourth-order valence-corrected chi connectivity index (χ4v) is 2.77. The van der Waals surface area contributed by atoms with E-state index in [9.17, 15) is 4.79 Å². The summed E-state index contributed by atoms with van der Waals surface area (Å²) in [7, 11) is 0. The van der Waals surface area contributed by atoms with Crippen LogP contribution in [0, 0.1) is 3.57 Å². The Balaban J connectivity index is 2.01. The maximum atomic E-state index is 11.4. The van der Waals surface area contributed by atoms with Crippen LogP contribution in [0.15, 0.2) is 50.1 Å². The summed E-state index contributed by atoms with van der Waals surface area (Å²) in [5.41, 5.74) is 1.35. The second kappa shape index (κ2) is 4.73. The van der Waals surface area contributed by atoms with Crippen LogP contribution in [-0.4, -0.2) is 15.0 Å². The number of benzene rings is 1. The second-order valence-electron chi connectivity index (χ2n) is 3.40. The summed E-state index contributed by atoms with van der Waals surface area (Å²) in [4.78, 5) is 22.4. The van der Waals surface area contributed by atoms with E-state index in [0.717, 1.165) is 11.1 Å². The third-order valence-corrected chi connectivity index (χ3v) is 4.44. The van der Waals surface area contributed by atoms with Crippen molar-refractivity contribution in [1.82, 2.24) is 15.0 Å². The maximum absolute atomic E-state index is 11.4. The van der Waals surface area contributed by atoms with Gasteiger partial charge in [-0.2, -0.15) is 0 Å². The van der Waals surface area contributed by atoms with E-state index in [1.165, 1.54) is 18.1 Å².